The monoisotopic (exact) mass is 171 g/mol. The van der Waals surface area contributed by atoms with E-state index < -0.39 is 0 Å². The van der Waals surface area contributed by atoms with Crippen LogP contribution in [0.2, 0.25) is 0 Å². The Balaban J connectivity index is 2.41. The summed E-state index contributed by atoms with van der Waals surface area (Å²) in [5.41, 5.74) is 5.94. The summed E-state index contributed by atoms with van der Waals surface area (Å²) >= 11 is 0. The molecule has 0 aliphatic carbocycles. The van der Waals surface area contributed by atoms with Crippen molar-refractivity contribution in [3.63, 3.8) is 0 Å². The maximum absolute atomic E-state index is 5.98. The van der Waals surface area contributed by atoms with E-state index in [-0.39, 0.29) is 5.54 Å². The molecule has 0 radical (unpaired) electrons. The molecule has 2 atom stereocenters. The Morgan fingerprint density at radius 1 is 1.58 bits per heavy atom. The number of nitrogens with one attached hydrogen (secondary N) is 2. The zero-order valence-electron chi connectivity index (χ0n) is 8.35. The third-order valence-corrected chi connectivity index (χ3v) is 2.45. The van der Waals surface area contributed by atoms with Crippen LogP contribution in [0.1, 0.15) is 26.7 Å². The van der Waals surface area contributed by atoms with Gasteiger partial charge in [0.2, 0.25) is 0 Å². The first kappa shape index (κ1) is 9.96. The summed E-state index contributed by atoms with van der Waals surface area (Å²) in [6.45, 7) is 5.31. The van der Waals surface area contributed by atoms with Gasteiger partial charge in [-0.1, -0.05) is 0 Å². The van der Waals surface area contributed by atoms with Crippen molar-refractivity contribution < 1.29 is 0 Å². The molecule has 0 aromatic rings. The highest BCUT2D eigenvalue weighted by Gasteiger charge is 2.29. The molecule has 4 N–H and O–H groups in total. The molecule has 3 nitrogen and oxygen atoms in total. The van der Waals surface area contributed by atoms with Gasteiger partial charge < -0.3 is 16.4 Å². The van der Waals surface area contributed by atoms with Crippen molar-refractivity contribution in [3.05, 3.63) is 0 Å². The largest absolute Gasteiger partial charge is 0.326 e. The third kappa shape index (κ3) is 2.73. The van der Waals surface area contributed by atoms with Crippen molar-refractivity contribution in [1.29, 1.82) is 0 Å². The summed E-state index contributed by atoms with van der Waals surface area (Å²) in [4.78, 5) is 0. The highest BCUT2D eigenvalue weighted by Crippen LogP contribution is 2.22. The topological polar surface area (TPSA) is 50.1 Å². The molecule has 1 saturated heterocycles. The van der Waals surface area contributed by atoms with E-state index in [2.05, 4.69) is 24.5 Å². The lowest BCUT2D eigenvalue weighted by atomic mass is 9.89. The molecule has 12 heavy (non-hydrogen) atoms. The minimum absolute atomic E-state index is 0.0359. The predicted octanol–water partition coefficient (Wildman–Crippen LogP) is 0.269. The lowest BCUT2D eigenvalue weighted by molar-refractivity contribution is 0.309. The number of nitrogens with two attached hydrogens (primary N) is 1. The van der Waals surface area contributed by atoms with E-state index in [1.165, 1.54) is 6.42 Å². The van der Waals surface area contributed by atoms with Crippen LogP contribution in [0.15, 0.2) is 0 Å². The molecule has 1 rings (SSSR count). The van der Waals surface area contributed by atoms with Crippen molar-refractivity contribution in [3.8, 4) is 0 Å². The van der Waals surface area contributed by atoms with Crippen molar-refractivity contribution >= 4 is 0 Å². The molecule has 0 saturated carbocycles. The zero-order valence-corrected chi connectivity index (χ0v) is 8.35. The quantitative estimate of drug-likeness (QED) is 0.571. The Morgan fingerprint density at radius 2 is 2.25 bits per heavy atom. The minimum atomic E-state index is -0.0359. The van der Waals surface area contributed by atoms with Crippen LogP contribution in [0.3, 0.4) is 0 Å². The molecule has 0 bridgehead atoms. The average molecular weight is 171 g/mol. The SMILES string of the molecule is CNC1NCCC1CC(C)(C)N. The summed E-state index contributed by atoms with van der Waals surface area (Å²) in [6.07, 6.45) is 2.80. The van der Waals surface area contributed by atoms with Gasteiger partial charge in [-0.2, -0.15) is 0 Å². The molecule has 1 fully saturated rings. The van der Waals surface area contributed by atoms with E-state index in [1.807, 2.05) is 7.05 Å². The van der Waals surface area contributed by atoms with Gasteiger partial charge >= 0.3 is 0 Å². The van der Waals surface area contributed by atoms with Gasteiger partial charge in [0.05, 0.1) is 6.17 Å². The van der Waals surface area contributed by atoms with Crippen LogP contribution >= 0.6 is 0 Å². The van der Waals surface area contributed by atoms with Gasteiger partial charge in [0, 0.05) is 5.54 Å². The number of hydrogen-bond acceptors (Lipinski definition) is 3. The van der Waals surface area contributed by atoms with Crippen molar-refractivity contribution in [2.45, 2.75) is 38.4 Å². The van der Waals surface area contributed by atoms with Crippen LogP contribution < -0.4 is 16.4 Å². The normalized spacial score (nSPS) is 31.0. The summed E-state index contributed by atoms with van der Waals surface area (Å²) in [5, 5.41) is 6.68. The second-order valence-electron chi connectivity index (χ2n) is 4.46. The molecule has 1 aliphatic heterocycles. The third-order valence-electron chi connectivity index (χ3n) is 2.45. The first-order valence-electron chi connectivity index (χ1n) is 4.72. The molecular formula is C9H21N3. The standard InChI is InChI=1S/C9H21N3/c1-9(2,10)6-7-4-5-12-8(7)11-3/h7-8,11-12H,4-6,10H2,1-3H3. The van der Waals surface area contributed by atoms with Gasteiger partial charge in [-0.05, 0) is 46.2 Å². The lowest BCUT2D eigenvalue weighted by Gasteiger charge is -2.26. The van der Waals surface area contributed by atoms with Gasteiger partial charge in [0.15, 0.2) is 0 Å². The van der Waals surface area contributed by atoms with Crippen LogP contribution in [-0.2, 0) is 0 Å². The lowest BCUT2D eigenvalue weighted by Crippen LogP contribution is -2.43. The molecular weight excluding hydrogens is 150 g/mol. The van der Waals surface area contributed by atoms with Crippen LogP contribution in [0.4, 0.5) is 0 Å². The highest BCUT2D eigenvalue weighted by atomic mass is 15.1. The Labute approximate surface area is 75.1 Å². The van der Waals surface area contributed by atoms with Crippen LogP contribution in [0, 0.1) is 5.92 Å². The molecule has 0 spiro atoms. The maximum atomic E-state index is 5.98. The maximum Gasteiger partial charge on any atom is 0.0599 e. The minimum Gasteiger partial charge on any atom is -0.326 e. The van der Waals surface area contributed by atoms with Gasteiger partial charge in [0.1, 0.15) is 0 Å². The molecule has 1 aliphatic rings. The van der Waals surface area contributed by atoms with Crippen LogP contribution in [0.25, 0.3) is 0 Å². The van der Waals surface area contributed by atoms with Crippen molar-refractivity contribution in [1.82, 2.24) is 10.6 Å². The van der Waals surface area contributed by atoms with Gasteiger partial charge in [-0.3, -0.25) is 0 Å². The zero-order chi connectivity index (χ0) is 9.19. The van der Waals surface area contributed by atoms with E-state index in [9.17, 15) is 0 Å². The second kappa shape index (κ2) is 3.73. The molecule has 3 heteroatoms. The predicted molar refractivity (Wildman–Crippen MR) is 51.8 cm³/mol. The van der Waals surface area contributed by atoms with Crippen molar-refractivity contribution in [2.75, 3.05) is 13.6 Å². The first-order chi connectivity index (χ1) is 5.53. The van der Waals surface area contributed by atoms with Crippen molar-refractivity contribution in [2.24, 2.45) is 11.7 Å². The van der Waals surface area contributed by atoms with Gasteiger partial charge in [-0.15, -0.1) is 0 Å². The first-order valence-corrected chi connectivity index (χ1v) is 4.72. The second-order valence-corrected chi connectivity index (χ2v) is 4.46. The Bertz CT molecular complexity index is 139. The number of hydrogen-bond donors (Lipinski definition) is 3. The van der Waals surface area contributed by atoms with Crippen LogP contribution in [0.5, 0.6) is 0 Å². The number of rotatable bonds is 3. The summed E-state index contributed by atoms with van der Waals surface area (Å²) in [5.74, 6) is 0.690. The van der Waals surface area contributed by atoms with Gasteiger partial charge in [0.25, 0.3) is 0 Å². The average Bonchev–Trinajstić information content (AvgIpc) is 2.31. The summed E-state index contributed by atoms with van der Waals surface area (Å²) in [7, 11) is 2.00. The fourth-order valence-electron chi connectivity index (χ4n) is 1.99. The molecule has 2 unspecified atom stereocenters. The fraction of sp³-hybridized carbons (Fsp3) is 1.00. The Morgan fingerprint density at radius 3 is 2.75 bits per heavy atom. The summed E-state index contributed by atoms with van der Waals surface area (Å²) in [6, 6.07) is 0. The van der Waals surface area contributed by atoms with E-state index >= 15 is 0 Å². The van der Waals surface area contributed by atoms with Gasteiger partial charge in [-0.25, -0.2) is 0 Å². The Hall–Kier alpha value is -0.120. The Kier molecular flexibility index (Phi) is 3.09. The molecule has 0 aromatic heterocycles. The smallest absolute Gasteiger partial charge is 0.0599 e. The van der Waals surface area contributed by atoms with E-state index in [1.54, 1.807) is 0 Å². The molecule has 1 heterocycles. The summed E-state index contributed by atoms with van der Waals surface area (Å²) < 4.78 is 0. The van der Waals surface area contributed by atoms with Crippen LogP contribution in [-0.4, -0.2) is 25.3 Å². The molecule has 72 valence electrons. The van der Waals surface area contributed by atoms with E-state index in [0.717, 1.165) is 13.0 Å². The van der Waals surface area contributed by atoms with E-state index in [4.69, 9.17) is 5.73 Å². The highest BCUT2D eigenvalue weighted by molar-refractivity contribution is 4.86. The van der Waals surface area contributed by atoms with E-state index in [0.29, 0.717) is 12.1 Å². The molecule has 0 amide bonds. The fourth-order valence-corrected chi connectivity index (χ4v) is 1.99. The molecule has 0 aromatic carbocycles.